The molecule has 1 amide bonds. The normalized spacial score (nSPS) is 19.7. The van der Waals surface area contributed by atoms with Gasteiger partial charge < -0.3 is 14.2 Å². The Morgan fingerprint density at radius 2 is 0.945 bits per heavy atom. The standard InChI is InChI=1S/C49H91NO5/c1-5-8-10-12-14-16-18-19-20-21-22-23-24-25-26-27-28-30-32-34-36-38-40-45-43(39-37-35-33-31-29-17-15-13-11-9-6-2)41-46(48(51)53-4)55-47(45)50-44(7-3)42-54-49(50)52/h41,43-45,47H,5-40,42H2,1-4H3/t43-,44+,45+,47+/m0/s1. The summed E-state index contributed by atoms with van der Waals surface area (Å²) in [6.07, 6.45) is 49.0. The van der Waals surface area contributed by atoms with E-state index in [1.807, 2.05) is 11.0 Å². The highest BCUT2D eigenvalue weighted by Crippen LogP contribution is 2.40. The molecule has 0 aromatic heterocycles. The van der Waals surface area contributed by atoms with Gasteiger partial charge in [0.2, 0.25) is 5.76 Å². The van der Waals surface area contributed by atoms with E-state index < -0.39 is 12.2 Å². The van der Waals surface area contributed by atoms with Crippen LogP contribution in [0.2, 0.25) is 0 Å². The molecule has 0 unspecified atom stereocenters. The predicted molar refractivity (Wildman–Crippen MR) is 232 cm³/mol. The van der Waals surface area contributed by atoms with Gasteiger partial charge in [0.1, 0.15) is 6.61 Å². The van der Waals surface area contributed by atoms with Gasteiger partial charge >= 0.3 is 12.1 Å². The van der Waals surface area contributed by atoms with E-state index in [9.17, 15) is 9.59 Å². The molecule has 322 valence electrons. The van der Waals surface area contributed by atoms with Crippen LogP contribution in [0.5, 0.6) is 0 Å². The molecule has 0 aromatic rings. The van der Waals surface area contributed by atoms with Gasteiger partial charge in [0.05, 0.1) is 13.2 Å². The number of carbonyl (C=O) groups excluding carboxylic acids is 2. The van der Waals surface area contributed by atoms with Gasteiger partial charge in [0.15, 0.2) is 6.23 Å². The highest BCUT2D eigenvalue weighted by molar-refractivity contribution is 5.86. The minimum Gasteiger partial charge on any atom is -0.463 e. The summed E-state index contributed by atoms with van der Waals surface area (Å²) in [6.45, 7) is 7.06. The third-order valence-corrected chi connectivity index (χ3v) is 12.7. The van der Waals surface area contributed by atoms with Gasteiger partial charge in [0, 0.05) is 5.92 Å². The molecular formula is C49H91NO5. The number of nitrogens with zero attached hydrogens (tertiary/aromatic N) is 1. The van der Waals surface area contributed by atoms with Crippen molar-refractivity contribution in [2.75, 3.05) is 13.7 Å². The molecular weight excluding hydrogens is 683 g/mol. The van der Waals surface area contributed by atoms with Gasteiger partial charge in [-0.15, -0.1) is 0 Å². The molecule has 4 atom stereocenters. The molecule has 0 radical (unpaired) electrons. The molecule has 0 N–H and O–H groups in total. The molecule has 0 aliphatic carbocycles. The predicted octanol–water partition coefficient (Wildman–Crippen LogP) is 15.6. The van der Waals surface area contributed by atoms with Crippen LogP contribution >= 0.6 is 0 Å². The largest absolute Gasteiger partial charge is 0.463 e. The number of methoxy groups -OCH3 is 1. The number of amides is 1. The average Bonchev–Trinajstić information content (AvgIpc) is 3.58. The molecule has 6 nitrogen and oxygen atoms in total. The van der Waals surface area contributed by atoms with Crippen molar-refractivity contribution in [2.45, 2.75) is 264 Å². The first kappa shape index (κ1) is 49.4. The number of carbonyl (C=O) groups is 2. The monoisotopic (exact) mass is 774 g/mol. The van der Waals surface area contributed by atoms with Gasteiger partial charge in [-0.2, -0.15) is 0 Å². The summed E-state index contributed by atoms with van der Waals surface area (Å²) in [4.78, 5) is 27.7. The number of esters is 1. The van der Waals surface area contributed by atoms with Gasteiger partial charge in [0.25, 0.3) is 0 Å². The van der Waals surface area contributed by atoms with E-state index in [1.54, 1.807) is 0 Å². The Labute approximate surface area is 341 Å². The van der Waals surface area contributed by atoms with Crippen LogP contribution in [-0.4, -0.2) is 42.9 Å². The maximum atomic E-state index is 13.1. The fourth-order valence-corrected chi connectivity index (χ4v) is 9.05. The van der Waals surface area contributed by atoms with E-state index in [2.05, 4.69) is 20.8 Å². The van der Waals surface area contributed by atoms with Crippen LogP contribution in [0.1, 0.15) is 252 Å². The molecule has 0 saturated carbocycles. The van der Waals surface area contributed by atoms with E-state index >= 15 is 0 Å². The van der Waals surface area contributed by atoms with E-state index in [1.165, 1.54) is 206 Å². The summed E-state index contributed by atoms with van der Waals surface area (Å²) >= 11 is 0. The number of unbranched alkanes of at least 4 members (excludes halogenated alkanes) is 31. The summed E-state index contributed by atoms with van der Waals surface area (Å²) in [5, 5.41) is 0. The maximum absolute atomic E-state index is 13.1. The van der Waals surface area contributed by atoms with Crippen LogP contribution in [-0.2, 0) is 19.0 Å². The first-order valence-corrected chi connectivity index (χ1v) is 24.5. The van der Waals surface area contributed by atoms with E-state index in [0.29, 0.717) is 6.61 Å². The zero-order chi connectivity index (χ0) is 39.6. The van der Waals surface area contributed by atoms with Gasteiger partial charge in [-0.1, -0.05) is 233 Å². The van der Waals surface area contributed by atoms with Crippen LogP contribution in [0.25, 0.3) is 0 Å². The first-order valence-electron chi connectivity index (χ1n) is 24.5. The Hall–Kier alpha value is -1.72. The number of hydrogen-bond donors (Lipinski definition) is 0. The second-order valence-corrected chi connectivity index (χ2v) is 17.4. The number of cyclic esters (lactones) is 1. The summed E-state index contributed by atoms with van der Waals surface area (Å²) < 4.78 is 17.0. The minimum absolute atomic E-state index is 0.0239. The van der Waals surface area contributed by atoms with Crippen molar-refractivity contribution in [1.82, 2.24) is 4.90 Å². The van der Waals surface area contributed by atoms with Crippen molar-refractivity contribution >= 4 is 12.1 Å². The second kappa shape index (κ2) is 34.3. The van der Waals surface area contributed by atoms with Gasteiger partial charge in [-0.05, 0) is 31.3 Å². The highest BCUT2D eigenvalue weighted by atomic mass is 16.6. The summed E-state index contributed by atoms with van der Waals surface area (Å²) in [5.41, 5.74) is 0. The summed E-state index contributed by atoms with van der Waals surface area (Å²) in [5.74, 6) is 0.159. The molecule has 1 saturated heterocycles. The Kier molecular flexibility index (Phi) is 30.9. The van der Waals surface area contributed by atoms with Crippen molar-refractivity contribution in [1.29, 1.82) is 0 Å². The van der Waals surface area contributed by atoms with Crippen molar-refractivity contribution < 1.29 is 23.8 Å². The number of rotatable bonds is 38. The van der Waals surface area contributed by atoms with Crippen LogP contribution in [0.3, 0.4) is 0 Å². The zero-order valence-corrected chi connectivity index (χ0v) is 37.0. The first-order chi connectivity index (χ1) is 27.1. The summed E-state index contributed by atoms with van der Waals surface area (Å²) in [7, 11) is 1.41. The summed E-state index contributed by atoms with van der Waals surface area (Å²) in [6, 6.07) is -0.0239. The quantitative estimate of drug-likeness (QED) is 0.0462. The lowest BCUT2D eigenvalue weighted by molar-refractivity contribution is -0.148. The lowest BCUT2D eigenvalue weighted by atomic mass is 9.80. The molecule has 0 bridgehead atoms. The van der Waals surface area contributed by atoms with Crippen LogP contribution in [0.15, 0.2) is 11.8 Å². The topological polar surface area (TPSA) is 65.1 Å². The van der Waals surface area contributed by atoms with Gasteiger partial charge in [-0.3, -0.25) is 4.90 Å². The number of hydrogen-bond acceptors (Lipinski definition) is 5. The van der Waals surface area contributed by atoms with Gasteiger partial charge in [-0.25, -0.2) is 9.59 Å². The van der Waals surface area contributed by atoms with Crippen LogP contribution < -0.4 is 0 Å². The Balaban J connectivity index is 1.67. The molecule has 6 heteroatoms. The zero-order valence-electron chi connectivity index (χ0n) is 37.0. The lowest BCUT2D eigenvalue weighted by Gasteiger charge is -2.42. The molecule has 55 heavy (non-hydrogen) atoms. The molecule has 0 spiro atoms. The highest BCUT2D eigenvalue weighted by Gasteiger charge is 2.46. The molecule has 1 fully saturated rings. The molecule has 2 aliphatic rings. The minimum atomic E-state index is -0.480. The van der Waals surface area contributed by atoms with E-state index in [-0.39, 0.29) is 29.7 Å². The van der Waals surface area contributed by atoms with Crippen molar-refractivity contribution in [3.05, 3.63) is 11.8 Å². The molecule has 0 aromatic carbocycles. The van der Waals surface area contributed by atoms with E-state index in [4.69, 9.17) is 14.2 Å². The van der Waals surface area contributed by atoms with Crippen molar-refractivity contribution in [2.24, 2.45) is 11.8 Å². The Morgan fingerprint density at radius 1 is 0.582 bits per heavy atom. The third-order valence-electron chi connectivity index (χ3n) is 12.7. The molecule has 2 aliphatic heterocycles. The smallest absolute Gasteiger partial charge is 0.413 e. The number of ether oxygens (including phenoxy) is 3. The average molecular weight is 774 g/mol. The molecule has 2 heterocycles. The second-order valence-electron chi connectivity index (χ2n) is 17.4. The third kappa shape index (κ3) is 22.7. The van der Waals surface area contributed by atoms with E-state index in [0.717, 1.165) is 32.1 Å². The lowest BCUT2D eigenvalue weighted by Crippen LogP contribution is -2.51. The molecule has 2 rings (SSSR count). The van der Waals surface area contributed by atoms with Crippen molar-refractivity contribution in [3.63, 3.8) is 0 Å². The Bertz CT molecular complexity index is 952. The van der Waals surface area contributed by atoms with Crippen LogP contribution in [0, 0.1) is 11.8 Å². The Morgan fingerprint density at radius 3 is 1.31 bits per heavy atom. The fraction of sp³-hybridized carbons (Fsp3) is 0.918. The fourth-order valence-electron chi connectivity index (χ4n) is 9.05. The van der Waals surface area contributed by atoms with Crippen molar-refractivity contribution in [3.8, 4) is 0 Å². The number of allylic oxidation sites excluding steroid dienone is 1. The SMILES string of the molecule is CCCCCCCCCCCCCCCCCCCCCCCC[C@@H]1[C@@H](CCCCCCCCCCCCC)C=C(C(=O)OC)O[C@H]1N1C(=O)OC[C@H]1CC. The van der Waals surface area contributed by atoms with Crippen LogP contribution in [0.4, 0.5) is 4.79 Å². The maximum Gasteiger partial charge on any atom is 0.413 e.